The minimum Gasteiger partial charge on any atom is -0.496 e. The number of carbonyl (C=O) groups is 1. The standard InChI is InChI=1S/C11H14ClNO5/c1-18-10-3-9(13-4-6(15)5-14)8(12)2-7(10)11(16)17/h2-3,6,13-15H,4-5H2,1H3,(H,16,17). The molecule has 1 rings (SSSR count). The molecular weight excluding hydrogens is 262 g/mol. The van der Waals surface area contributed by atoms with E-state index in [1.807, 2.05) is 0 Å². The molecule has 0 saturated heterocycles. The highest BCUT2D eigenvalue weighted by molar-refractivity contribution is 6.33. The first-order chi connectivity index (χ1) is 8.49. The Hall–Kier alpha value is -1.50. The molecule has 1 aromatic carbocycles. The van der Waals surface area contributed by atoms with Crippen LogP contribution < -0.4 is 10.1 Å². The average Bonchev–Trinajstić information content (AvgIpc) is 2.36. The van der Waals surface area contributed by atoms with Crippen molar-refractivity contribution in [3.8, 4) is 5.75 Å². The molecule has 1 atom stereocenters. The van der Waals surface area contributed by atoms with E-state index in [-0.39, 0.29) is 29.5 Å². The Kier molecular flexibility index (Phi) is 5.21. The Bertz CT molecular complexity index is 438. The van der Waals surface area contributed by atoms with Crippen LogP contribution in [0.1, 0.15) is 10.4 Å². The molecule has 0 aliphatic rings. The van der Waals surface area contributed by atoms with Gasteiger partial charge in [-0.3, -0.25) is 0 Å². The Balaban J connectivity index is 2.97. The molecule has 0 saturated carbocycles. The van der Waals surface area contributed by atoms with Gasteiger partial charge in [-0.1, -0.05) is 11.6 Å². The maximum Gasteiger partial charge on any atom is 0.339 e. The minimum atomic E-state index is -1.14. The zero-order valence-electron chi connectivity index (χ0n) is 9.68. The Morgan fingerprint density at radius 3 is 2.72 bits per heavy atom. The first-order valence-electron chi connectivity index (χ1n) is 5.13. The van der Waals surface area contributed by atoms with Gasteiger partial charge in [-0.2, -0.15) is 0 Å². The van der Waals surface area contributed by atoms with Crippen LogP contribution in [0.25, 0.3) is 0 Å². The van der Waals surface area contributed by atoms with Crippen molar-refractivity contribution in [3.05, 3.63) is 22.7 Å². The van der Waals surface area contributed by atoms with Crippen molar-refractivity contribution in [3.63, 3.8) is 0 Å². The molecule has 1 unspecified atom stereocenters. The van der Waals surface area contributed by atoms with Crippen LogP contribution in [0.3, 0.4) is 0 Å². The van der Waals surface area contributed by atoms with Gasteiger partial charge in [0.2, 0.25) is 0 Å². The summed E-state index contributed by atoms with van der Waals surface area (Å²) in [7, 11) is 1.35. The minimum absolute atomic E-state index is 0.0456. The van der Waals surface area contributed by atoms with Crippen LogP contribution in [0.2, 0.25) is 5.02 Å². The number of ether oxygens (including phenoxy) is 1. The second-order valence-electron chi connectivity index (χ2n) is 3.55. The van der Waals surface area contributed by atoms with E-state index in [9.17, 15) is 9.90 Å². The van der Waals surface area contributed by atoms with Crippen LogP contribution in [0.15, 0.2) is 12.1 Å². The lowest BCUT2D eigenvalue weighted by Crippen LogP contribution is -2.23. The predicted molar refractivity (Wildman–Crippen MR) is 66.5 cm³/mol. The third-order valence-electron chi connectivity index (χ3n) is 2.26. The second kappa shape index (κ2) is 6.44. The molecule has 0 fully saturated rings. The number of carboxylic acids is 1. The van der Waals surface area contributed by atoms with Crippen LogP contribution in [0.4, 0.5) is 5.69 Å². The molecule has 100 valence electrons. The van der Waals surface area contributed by atoms with Gasteiger partial charge in [-0.15, -0.1) is 0 Å². The molecule has 0 heterocycles. The van der Waals surface area contributed by atoms with Gasteiger partial charge < -0.3 is 25.4 Å². The number of aliphatic hydroxyl groups is 2. The van der Waals surface area contributed by atoms with Crippen molar-refractivity contribution >= 4 is 23.3 Å². The Morgan fingerprint density at radius 1 is 1.56 bits per heavy atom. The van der Waals surface area contributed by atoms with E-state index in [1.165, 1.54) is 19.2 Å². The fraction of sp³-hybridized carbons (Fsp3) is 0.364. The molecule has 6 nitrogen and oxygen atoms in total. The molecule has 0 bridgehead atoms. The lowest BCUT2D eigenvalue weighted by molar-refractivity contribution is 0.0693. The normalized spacial score (nSPS) is 12.0. The summed E-state index contributed by atoms with van der Waals surface area (Å²) >= 11 is 5.90. The number of aromatic carboxylic acids is 1. The predicted octanol–water partition coefficient (Wildman–Crippen LogP) is 0.812. The maximum atomic E-state index is 10.9. The lowest BCUT2D eigenvalue weighted by Gasteiger charge is -2.14. The van der Waals surface area contributed by atoms with Crippen LogP contribution in [-0.2, 0) is 0 Å². The number of anilines is 1. The first kappa shape index (κ1) is 14.6. The van der Waals surface area contributed by atoms with E-state index in [4.69, 9.17) is 26.6 Å². The van der Waals surface area contributed by atoms with E-state index in [1.54, 1.807) is 0 Å². The van der Waals surface area contributed by atoms with Crippen molar-refractivity contribution in [2.45, 2.75) is 6.10 Å². The highest BCUT2D eigenvalue weighted by Crippen LogP contribution is 2.30. The zero-order chi connectivity index (χ0) is 13.7. The summed E-state index contributed by atoms with van der Waals surface area (Å²) in [6.07, 6.45) is -0.925. The largest absolute Gasteiger partial charge is 0.496 e. The van der Waals surface area contributed by atoms with Gasteiger partial charge in [-0.05, 0) is 6.07 Å². The number of hydrogen-bond acceptors (Lipinski definition) is 5. The average molecular weight is 276 g/mol. The fourth-order valence-electron chi connectivity index (χ4n) is 1.32. The molecule has 0 aliphatic heterocycles. The number of carboxylic acid groups (broad SMARTS) is 1. The molecule has 0 radical (unpaired) electrons. The van der Waals surface area contributed by atoms with Crippen molar-refractivity contribution < 1.29 is 24.9 Å². The Morgan fingerprint density at radius 2 is 2.22 bits per heavy atom. The molecule has 0 aliphatic carbocycles. The highest BCUT2D eigenvalue weighted by Gasteiger charge is 2.15. The maximum absolute atomic E-state index is 10.9. The van der Waals surface area contributed by atoms with E-state index in [0.717, 1.165) is 0 Å². The van der Waals surface area contributed by atoms with Crippen LogP contribution in [0.5, 0.6) is 5.75 Å². The number of benzene rings is 1. The smallest absolute Gasteiger partial charge is 0.339 e. The van der Waals surface area contributed by atoms with E-state index >= 15 is 0 Å². The van der Waals surface area contributed by atoms with Crippen molar-refractivity contribution in [1.29, 1.82) is 0 Å². The van der Waals surface area contributed by atoms with Crippen LogP contribution in [0, 0.1) is 0 Å². The van der Waals surface area contributed by atoms with E-state index in [0.29, 0.717) is 5.69 Å². The number of methoxy groups -OCH3 is 1. The van der Waals surface area contributed by atoms with Gasteiger partial charge in [0.15, 0.2) is 0 Å². The van der Waals surface area contributed by atoms with E-state index < -0.39 is 12.1 Å². The first-order valence-corrected chi connectivity index (χ1v) is 5.51. The summed E-state index contributed by atoms with van der Waals surface area (Å²) in [5.41, 5.74) is 0.377. The van der Waals surface area contributed by atoms with E-state index in [2.05, 4.69) is 5.32 Å². The zero-order valence-corrected chi connectivity index (χ0v) is 10.4. The molecule has 4 N–H and O–H groups in total. The summed E-state index contributed by atoms with van der Waals surface area (Å²) in [5, 5.41) is 29.8. The van der Waals surface area contributed by atoms with Gasteiger partial charge in [-0.25, -0.2) is 4.79 Å². The number of rotatable bonds is 6. The second-order valence-corrected chi connectivity index (χ2v) is 3.96. The third-order valence-corrected chi connectivity index (χ3v) is 2.57. The third kappa shape index (κ3) is 3.49. The number of hydrogen-bond donors (Lipinski definition) is 4. The molecule has 18 heavy (non-hydrogen) atoms. The fourth-order valence-corrected chi connectivity index (χ4v) is 1.55. The molecule has 0 aromatic heterocycles. The highest BCUT2D eigenvalue weighted by atomic mass is 35.5. The monoisotopic (exact) mass is 275 g/mol. The lowest BCUT2D eigenvalue weighted by atomic mass is 10.1. The summed E-state index contributed by atoms with van der Waals surface area (Å²) in [6, 6.07) is 2.69. The summed E-state index contributed by atoms with van der Waals surface area (Å²) in [5.74, 6) is -0.983. The van der Waals surface area contributed by atoms with Gasteiger partial charge in [0.05, 0.1) is 30.5 Å². The molecule has 1 aromatic rings. The number of nitrogens with one attached hydrogen (secondary N) is 1. The quantitative estimate of drug-likeness (QED) is 0.613. The Labute approximate surface area is 109 Å². The molecule has 7 heteroatoms. The number of halogens is 1. The SMILES string of the molecule is COc1cc(NCC(O)CO)c(Cl)cc1C(=O)O. The van der Waals surface area contributed by atoms with Crippen LogP contribution >= 0.6 is 11.6 Å². The topological polar surface area (TPSA) is 99.0 Å². The van der Waals surface area contributed by atoms with Crippen molar-refractivity contribution in [1.82, 2.24) is 0 Å². The summed E-state index contributed by atoms with van der Waals surface area (Å²) in [4.78, 5) is 10.9. The van der Waals surface area contributed by atoms with Crippen molar-refractivity contribution in [2.75, 3.05) is 25.6 Å². The summed E-state index contributed by atoms with van der Waals surface area (Å²) in [6.45, 7) is -0.291. The van der Waals surface area contributed by atoms with Gasteiger partial charge in [0, 0.05) is 12.6 Å². The van der Waals surface area contributed by atoms with Gasteiger partial charge >= 0.3 is 5.97 Å². The number of aliphatic hydroxyl groups excluding tert-OH is 2. The molecule has 0 amide bonds. The van der Waals surface area contributed by atoms with Crippen molar-refractivity contribution in [2.24, 2.45) is 0 Å². The molecular formula is C11H14ClNO5. The van der Waals surface area contributed by atoms with Crippen LogP contribution in [-0.4, -0.2) is 47.7 Å². The molecule has 0 spiro atoms. The summed E-state index contributed by atoms with van der Waals surface area (Å²) < 4.78 is 4.94. The van der Waals surface area contributed by atoms with Gasteiger partial charge in [0.25, 0.3) is 0 Å². The van der Waals surface area contributed by atoms with Gasteiger partial charge in [0.1, 0.15) is 11.3 Å².